The Morgan fingerprint density at radius 1 is 1.44 bits per heavy atom. The molecule has 1 aliphatic heterocycles. The van der Waals surface area contributed by atoms with Crippen molar-refractivity contribution in [3.63, 3.8) is 0 Å². The predicted molar refractivity (Wildman–Crippen MR) is 60.5 cm³/mol. The van der Waals surface area contributed by atoms with Crippen molar-refractivity contribution in [2.75, 3.05) is 18.5 Å². The molecule has 5 heteroatoms. The highest BCUT2D eigenvalue weighted by Gasteiger charge is 2.13. The van der Waals surface area contributed by atoms with E-state index in [1.54, 1.807) is 10.7 Å². The second-order valence-corrected chi connectivity index (χ2v) is 4.01. The van der Waals surface area contributed by atoms with E-state index < -0.39 is 0 Å². The summed E-state index contributed by atoms with van der Waals surface area (Å²) in [5, 5.41) is 7.49. The number of fused-ring (bicyclic) bond motifs is 1. The predicted octanol–water partition coefficient (Wildman–Crippen LogP) is 1.32. The summed E-state index contributed by atoms with van der Waals surface area (Å²) in [7, 11) is 0. The smallest absolute Gasteiger partial charge is 0.157 e. The van der Waals surface area contributed by atoms with Crippen LogP contribution in [0.5, 0.6) is 0 Å². The fourth-order valence-electron chi connectivity index (χ4n) is 1.96. The van der Waals surface area contributed by atoms with Gasteiger partial charge in [0, 0.05) is 18.9 Å². The third-order valence-corrected chi connectivity index (χ3v) is 2.77. The van der Waals surface area contributed by atoms with Crippen molar-refractivity contribution in [3.8, 4) is 0 Å². The lowest BCUT2D eigenvalue weighted by Gasteiger charge is -2.23. The first kappa shape index (κ1) is 9.59. The molecule has 1 atom stereocenters. The lowest BCUT2D eigenvalue weighted by Crippen LogP contribution is -2.30. The van der Waals surface area contributed by atoms with E-state index in [4.69, 9.17) is 4.74 Å². The van der Waals surface area contributed by atoms with Crippen LogP contribution in [0.3, 0.4) is 0 Å². The first-order valence-electron chi connectivity index (χ1n) is 5.56. The molecule has 3 heterocycles. The molecule has 3 rings (SSSR count). The lowest BCUT2D eigenvalue weighted by atomic mass is 10.1. The van der Waals surface area contributed by atoms with Gasteiger partial charge in [-0.2, -0.15) is 5.10 Å². The van der Waals surface area contributed by atoms with Crippen LogP contribution < -0.4 is 5.32 Å². The molecule has 2 aromatic rings. The molecule has 84 valence electrons. The van der Waals surface area contributed by atoms with Crippen LogP contribution >= 0.6 is 0 Å². The van der Waals surface area contributed by atoms with Gasteiger partial charge in [0.15, 0.2) is 5.65 Å². The van der Waals surface area contributed by atoms with Gasteiger partial charge >= 0.3 is 0 Å². The summed E-state index contributed by atoms with van der Waals surface area (Å²) >= 11 is 0. The fraction of sp³-hybridized carbons (Fsp3) is 0.455. The molecule has 0 spiro atoms. The summed E-state index contributed by atoms with van der Waals surface area (Å²) in [6, 6.07) is 4.21. The normalized spacial score (nSPS) is 21.1. The van der Waals surface area contributed by atoms with Crippen molar-refractivity contribution >= 4 is 11.5 Å². The highest BCUT2D eigenvalue weighted by molar-refractivity contribution is 5.45. The van der Waals surface area contributed by atoms with Gasteiger partial charge in [0.05, 0.1) is 18.8 Å². The maximum absolute atomic E-state index is 5.42. The molecule has 1 N–H and O–H groups in total. The molecule has 1 aliphatic rings. The van der Waals surface area contributed by atoms with Crippen molar-refractivity contribution in [2.45, 2.75) is 18.9 Å². The molecule has 1 fully saturated rings. The van der Waals surface area contributed by atoms with Gasteiger partial charge in [-0.3, -0.25) is 0 Å². The van der Waals surface area contributed by atoms with Gasteiger partial charge in [0.1, 0.15) is 5.82 Å². The maximum atomic E-state index is 5.42. The number of nitrogens with one attached hydrogen (secondary N) is 1. The van der Waals surface area contributed by atoms with E-state index in [0.29, 0.717) is 6.04 Å². The van der Waals surface area contributed by atoms with E-state index in [1.807, 2.05) is 18.3 Å². The molecule has 0 bridgehead atoms. The molecule has 0 aromatic carbocycles. The van der Waals surface area contributed by atoms with E-state index >= 15 is 0 Å². The Morgan fingerprint density at radius 2 is 2.44 bits per heavy atom. The quantitative estimate of drug-likeness (QED) is 0.826. The zero-order valence-electron chi connectivity index (χ0n) is 8.97. The summed E-state index contributed by atoms with van der Waals surface area (Å²) in [4.78, 5) is 4.46. The van der Waals surface area contributed by atoms with Gasteiger partial charge < -0.3 is 10.1 Å². The molecular formula is C11H14N4O. The van der Waals surface area contributed by atoms with Crippen molar-refractivity contribution in [3.05, 3.63) is 24.5 Å². The molecule has 5 nitrogen and oxygen atoms in total. The summed E-state index contributed by atoms with van der Waals surface area (Å²) in [6.45, 7) is 1.65. The Balaban J connectivity index is 1.77. The Hall–Kier alpha value is -1.62. The number of anilines is 1. The SMILES string of the molecule is c1cc2nc(NC3CCCOC3)ccn2n1. The number of hydrogen-bond donors (Lipinski definition) is 1. The molecule has 1 unspecified atom stereocenters. The van der Waals surface area contributed by atoms with Gasteiger partial charge in [-0.25, -0.2) is 9.50 Å². The number of aromatic nitrogens is 3. The Kier molecular flexibility index (Phi) is 2.46. The number of rotatable bonds is 2. The average molecular weight is 218 g/mol. The van der Waals surface area contributed by atoms with Crippen LogP contribution in [-0.2, 0) is 4.74 Å². The summed E-state index contributed by atoms with van der Waals surface area (Å²) in [6.07, 6.45) is 5.92. The van der Waals surface area contributed by atoms with E-state index in [-0.39, 0.29) is 0 Å². The van der Waals surface area contributed by atoms with Crippen molar-refractivity contribution in [1.82, 2.24) is 14.6 Å². The minimum Gasteiger partial charge on any atom is -0.379 e. The largest absolute Gasteiger partial charge is 0.379 e. The summed E-state index contributed by atoms with van der Waals surface area (Å²) < 4.78 is 7.17. The molecule has 16 heavy (non-hydrogen) atoms. The van der Waals surface area contributed by atoms with Crippen LogP contribution in [0.2, 0.25) is 0 Å². The third kappa shape index (κ3) is 1.86. The monoisotopic (exact) mass is 218 g/mol. The molecular weight excluding hydrogens is 204 g/mol. The van der Waals surface area contributed by atoms with Crippen LogP contribution in [0, 0.1) is 0 Å². The zero-order chi connectivity index (χ0) is 10.8. The third-order valence-electron chi connectivity index (χ3n) is 2.77. The van der Waals surface area contributed by atoms with Crippen LogP contribution in [0.25, 0.3) is 5.65 Å². The van der Waals surface area contributed by atoms with Crippen LogP contribution in [0.15, 0.2) is 24.5 Å². The van der Waals surface area contributed by atoms with E-state index in [9.17, 15) is 0 Å². The van der Waals surface area contributed by atoms with E-state index in [2.05, 4.69) is 15.4 Å². The number of ether oxygens (including phenoxy) is 1. The molecule has 0 saturated carbocycles. The van der Waals surface area contributed by atoms with Gasteiger partial charge in [-0.1, -0.05) is 0 Å². The van der Waals surface area contributed by atoms with Crippen molar-refractivity contribution in [1.29, 1.82) is 0 Å². The number of hydrogen-bond acceptors (Lipinski definition) is 4. The van der Waals surface area contributed by atoms with Crippen molar-refractivity contribution in [2.24, 2.45) is 0 Å². The van der Waals surface area contributed by atoms with Crippen molar-refractivity contribution < 1.29 is 4.74 Å². The average Bonchev–Trinajstić information content (AvgIpc) is 2.77. The maximum Gasteiger partial charge on any atom is 0.157 e. The van der Waals surface area contributed by atoms with Gasteiger partial charge in [-0.05, 0) is 18.9 Å². The van der Waals surface area contributed by atoms with Gasteiger partial charge in [0.2, 0.25) is 0 Å². The van der Waals surface area contributed by atoms with Gasteiger partial charge in [-0.15, -0.1) is 0 Å². The molecule has 2 aromatic heterocycles. The lowest BCUT2D eigenvalue weighted by molar-refractivity contribution is 0.0875. The Bertz CT molecular complexity index is 476. The first-order valence-corrected chi connectivity index (χ1v) is 5.56. The first-order chi connectivity index (χ1) is 7.92. The van der Waals surface area contributed by atoms with E-state index in [1.165, 1.54) is 0 Å². The highest BCUT2D eigenvalue weighted by Crippen LogP contribution is 2.13. The standard InChI is InChI=1S/C11H14N4O/c1-2-9(8-16-7-1)13-10-4-6-15-11(14-10)3-5-12-15/h3-6,9H,1-2,7-8H2,(H,13,14). The fourth-order valence-corrected chi connectivity index (χ4v) is 1.96. The highest BCUT2D eigenvalue weighted by atomic mass is 16.5. The molecule has 0 aliphatic carbocycles. The topological polar surface area (TPSA) is 51.5 Å². The minimum atomic E-state index is 0.381. The summed E-state index contributed by atoms with van der Waals surface area (Å²) in [5.74, 6) is 0.892. The van der Waals surface area contributed by atoms with E-state index in [0.717, 1.165) is 37.5 Å². The second-order valence-electron chi connectivity index (χ2n) is 4.01. The zero-order valence-corrected chi connectivity index (χ0v) is 8.97. The van der Waals surface area contributed by atoms with Gasteiger partial charge in [0.25, 0.3) is 0 Å². The minimum absolute atomic E-state index is 0.381. The molecule has 0 amide bonds. The Labute approximate surface area is 93.4 Å². The summed E-state index contributed by atoms with van der Waals surface area (Å²) in [5.41, 5.74) is 0.863. The van der Waals surface area contributed by atoms with Crippen LogP contribution in [0.4, 0.5) is 5.82 Å². The Morgan fingerprint density at radius 3 is 3.31 bits per heavy atom. The van der Waals surface area contributed by atoms with Crippen LogP contribution in [-0.4, -0.2) is 33.9 Å². The van der Waals surface area contributed by atoms with Crippen LogP contribution in [0.1, 0.15) is 12.8 Å². The second kappa shape index (κ2) is 4.09. The molecule has 1 saturated heterocycles. The number of nitrogens with zero attached hydrogens (tertiary/aromatic N) is 3. The molecule has 0 radical (unpaired) electrons.